The van der Waals surface area contributed by atoms with Crippen molar-refractivity contribution in [1.82, 2.24) is 4.90 Å². The number of likely N-dealkylation sites (tertiary alicyclic amines) is 1. The maximum absolute atomic E-state index is 13.1. The molecule has 0 aliphatic carbocycles. The van der Waals surface area contributed by atoms with Gasteiger partial charge >= 0.3 is 0 Å². The molecular formula is C25H19Cl2NO5. The summed E-state index contributed by atoms with van der Waals surface area (Å²) in [6.07, 6.45) is 3.10. The fourth-order valence-corrected chi connectivity index (χ4v) is 3.97. The molecule has 3 aromatic rings. The molecule has 1 fully saturated rings. The fraction of sp³-hybridized carbons (Fsp3) is 0.120. The Kier molecular flexibility index (Phi) is 6.58. The van der Waals surface area contributed by atoms with Gasteiger partial charge in [0.15, 0.2) is 0 Å². The molecule has 0 unspecified atom stereocenters. The van der Waals surface area contributed by atoms with E-state index >= 15 is 0 Å². The van der Waals surface area contributed by atoms with Crippen LogP contribution in [0.3, 0.4) is 0 Å². The predicted molar refractivity (Wildman–Crippen MR) is 125 cm³/mol. The molecule has 4 rings (SSSR count). The van der Waals surface area contributed by atoms with E-state index in [1.165, 1.54) is 11.2 Å². The Morgan fingerprint density at radius 3 is 2.52 bits per heavy atom. The average Bonchev–Trinajstić information content (AvgIpc) is 3.42. The molecule has 0 saturated carbocycles. The van der Waals surface area contributed by atoms with Gasteiger partial charge in [-0.3, -0.25) is 9.59 Å². The Balaban J connectivity index is 1.81. The number of hydrogen-bond donors (Lipinski definition) is 1. The lowest BCUT2D eigenvalue weighted by molar-refractivity contribution is -0.140. The molecule has 1 atom stereocenters. The second-order valence-electron chi connectivity index (χ2n) is 7.30. The number of ether oxygens (including phenoxy) is 1. The van der Waals surface area contributed by atoms with E-state index in [0.717, 1.165) is 0 Å². The lowest BCUT2D eigenvalue weighted by Crippen LogP contribution is -2.29. The molecule has 2 aromatic carbocycles. The highest BCUT2D eigenvalue weighted by Gasteiger charge is 2.46. The van der Waals surface area contributed by atoms with Gasteiger partial charge in [0.25, 0.3) is 11.7 Å². The number of carbonyl (C=O) groups is 2. The Morgan fingerprint density at radius 1 is 1.12 bits per heavy atom. The second kappa shape index (κ2) is 9.57. The lowest BCUT2D eigenvalue weighted by atomic mass is 9.95. The maximum atomic E-state index is 13.1. The zero-order valence-electron chi connectivity index (χ0n) is 17.3. The zero-order chi connectivity index (χ0) is 23.5. The Morgan fingerprint density at radius 2 is 1.88 bits per heavy atom. The number of aliphatic hydroxyl groups excluding tert-OH is 1. The maximum Gasteiger partial charge on any atom is 0.296 e. The number of hydrogen-bond acceptors (Lipinski definition) is 5. The molecule has 6 nitrogen and oxygen atoms in total. The first-order valence-electron chi connectivity index (χ1n) is 10.0. The van der Waals surface area contributed by atoms with Crippen molar-refractivity contribution in [3.8, 4) is 5.75 Å². The van der Waals surface area contributed by atoms with Crippen molar-refractivity contribution in [2.75, 3.05) is 6.61 Å². The van der Waals surface area contributed by atoms with Crippen molar-refractivity contribution in [2.24, 2.45) is 0 Å². The van der Waals surface area contributed by atoms with E-state index in [1.807, 2.05) is 0 Å². The average molecular weight is 484 g/mol. The summed E-state index contributed by atoms with van der Waals surface area (Å²) in [4.78, 5) is 27.4. The van der Waals surface area contributed by atoms with E-state index in [4.69, 9.17) is 32.4 Å². The minimum Gasteiger partial charge on any atom is -0.507 e. The van der Waals surface area contributed by atoms with Crippen LogP contribution in [0, 0.1) is 0 Å². The second-order valence-corrected chi connectivity index (χ2v) is 8.12. The molecule has 0 radical (unpaired) electrons. The van der Waals surface area contributed by atoms with Crippen LogP contribution in [0.4, 0.5) is 0 Å². The van der Waals surface area contributed by atoms with Gasteiger partial charge in [-0.15, -0.1) is 0 Å². The van der Waals surface area contributed by atoms with Crippen molar-refractivity contribution in [3.63, 3.8) is 0 Å². The number of halogens is 2. The molecule has 168 valence electrons. The van der Waals surface area contributed by atoms with Gasteiger partial charge in [-0.2, -0.15) is 0 Å². The third kappa shape index (κ3) is 4.53. The number of ketones is 1. The molecule has 1 amide bonds. The molecular weight excluding hydrogens is 465 g/mol. The summed E-state index contributed by atoms with van der Waals surface area (Å²) in [5, 5.41) is 11.7. The third-order valence-corrected chi connectivity index (χ3v) is 5.94. The van der Waals surface area contributed by atoms with Crippen molar-refractivity contribution >= 4 is 40.7 Å². The summed E-state index contributed by atoms with van der Waals surface area (Å²) in [6, 6.07) is 13.9. The Hall–Kier alpha value is -3.48. The van der Waals surface area contributed by atoms with Gasteiger partial charge in [-0.25, -0.2) is 0 Å². The minimum absolute atomic E-state index is 0.0353. The molecule has 8 heteroatoms. The van der Waals surface area contributed by atoms with Crippen molar-refractivity contribution in [3.05, 3.63) is 106 Å². The van der Waals surface area contributed by atoms with Crippen LogP contribution in [0.2, 0.25) is 10.0 Å². The van der Waals surface area contributed by atoms with Crippen molar-refractivity contribution in [2.45, 2.75) is 12.6 Å². The van der Waals surface area contributed by atoms with Crippen molar-refractivity contribution in [1.29, 1.82) is 0 Å². The number of rotatable bonds is 7. The first kappa shape index (κ1) is 22.7. The summed E-state index contributed by atoms with van der Waals surface area (Å²) >= 11 is 12.3. The van der Waals surface area contributed by atoms with Crippen LogP contribution in [0.5, 0.6) is 5.75 Å². The summed E-state index contributed by atoms with van der Waals surface area (Å²) in [7, 11) is 0. The van der Waals surface area contributed by atoms with Gasteiger partial charge in [-0.05, 0) is 54.1 Å². The van der Waals surface area contributed by atoms with Gasteiger partial charge in [0.1, 0.15) is 23.9 Å². The first-order valence-corrected chi connectivity index (χ1v) is 10.8. The fourth-order valence-electron chi connectivity index (χ4n) is 3.66. The molecule has 33 heavy (non-hydrogen) atoms. The van der Waals surface area contributed by atoms with E-state index in [0.29, 0.717) is 34.3 Å². The molecule has 0 bridgehead atoms. The summed E-state index contributed by atoms with van der Waals surface area (Å²) < 4.78 is 10.8. The number of aliphatic hydroxyl groups is 1. The van der Waals surface area contributed by atoms with Crippen LogP contribution in [-0.4, -0.2) is 28.3 Å². The topological polar surface area (TPSA) is 80.0 Å². The summed E-state index contributed by atoms with van der Waals surface area (Å²) in [6.45, 7) is 3.97. The molecule has 1 aliphatic rings. The van der Waals surface area contributed by atoms with Crippen LogP contribution in [0.1, 0.15) is 22.9 Å². The summed E-state index contributed by atoms with van der Waals surface area (Å²) in [5.74, 6) is -0.796. The molecule has 2 heterocycles. The van der Waals surface area contributed by atoms with E-state index in [9.17, 15) is 14.7 Å². The largest absolute Gasteiger partial charge is 0.507 e. The molecule has 1 N–H and O–H groups in total. The smallest absolute Gasteiger partial charge is 0.296 e. The van der Waals surface area contributed by atoms with Crippen LogP contribution in [0.15, 0.2) is 83.5 Å². The third-order valence-electron chi connectivity index (χ3n) is 5.20. The van der Waals surface area contributed by atoms with Crippen LogP contribution in [0.25, 0.3) is 5.76 Å². The predicted octanol–water partition coefficient (Wildman–Crippen LogP) is 5.77. The molecule has 0 spiro atoms. The number of benzene rings is 2. The highest BCUT2D eigenvalue weighted by molar-refractivity contribution is 6.46. The number of nitrogens with zero attached hydrogens (tertiary/aromatic N) is 1. The number of furan rings is 1. The first-order chi connectivity index (χ1) is 15.9. The van der Waals surface area contributed by atoms with Crippen LogP contribution < -0.4 is 4.74 Å². The van der Waals surface area contributed by atoms with Crippen LogP contribution in [-0.2, 0) is 16.1 Å². The highest BCUT2D eigenvalue weighted by Crippen LogP contribution is 2.41. The normalized spacial score (nSPS) is 17.4. The molecule has 1 aliphatic heterocycles. The lowest BCUT2D eigenvalue weighted by Gasteiger charge is -2.24. The Bertz CT molecular complexity index is 1230. The van der Waals surface area contributed by atoms with E-state index in [-0.39, 0.29) is 22.9 Å². The van der Waals surface area contributed by atoms with Gasteiger partial charge < -0.3 is 19.2 Å². The van der Waals surface area contributed by atoms with E-state index < -0.39 is 17.7 Å². The zero-order valence-corrected chi connectivity index (χ0v) is 18.8. The Labute approximate surface area is 200 Å². The van der Waals surface area contributed by atoms with Crippen molar-refractivity contribution < 1.29 is 23.8 Å². The number of Topliss-reactive ketones (excluding diaryl/α,β-unsaturated/α-hetero) is 1. The van der Waals surface area contributed by atoms with Gasteiger partial charge in [0, 0.05) is 5.56 Å². The molecule has 1 saturated heterocycles. The number of carbonyl (C=O) groups excluding carboxylic acids is 2. The van der Waals surface area contributed by atoms with E-state index in [1.54, 1.807) is 60.7 Å². The van der Waals surface area contributed by atoms with Gasteiger partial charge in [0.05, 0.1) is 34.5 Å². The minimum atomic E-state index is -0.887. The molecule has 1 aromatic heterocycles. The highest BCUT2D eigenvalue weighted by atomic mass is 35.5. The SMILES string of the molecule is C=CCOc1ccc(C(O)=C2C(=O)C(=O)N(Cc3ccco3)[C@H]2c2ccc(Cl)c(Cl)c2)cc1. The van der Waals surface area contributed by atoms with E-state index in [2.05, 4.69) is 6.58 Å². The van der Waals surface area contributed by atoms with Gasteiger partial charge in [0.2, 0.25) is 0 Å². The monoisotopic (exact) mass is 483 g/mol. The quantitative estimate of drug-likeness (QED) is 0.199. The summed E-state index contributed by atoms with van der Waals surface area (Å²) in [5.41, 5.74) is 0.842. The standard InChI is InChI=1S/C25H19Cl2NO5/c1-2-11-32-17-8-5-15(6-9-17)23(29)21-22(16-7-10-19(26)20(27)13-16)28(25(31)24(21)30)14-18-4-3-12-33-18/h2-10,12-13,22,29H,1,11,14H2/t22-/m0/s1. The van der Waals surface area contributed by atoms with Crippen LogP contribution >= 0.6 is 23.2 Å². The number of amides is 1. The van der Waals surface area contributed by atoms with Gasteiger partial charge in [-0.1, -0.05) is 41.9 Å².